The molecule has 2 heterocycles. The molecule has 0 unspecified atom stereocenters. The van der Waals surface area contributed by atoms with E-state index in [1.807, 2.05) is 0 Å². The van der Waals surface area contributed by atoms with E-state index in [-0.39, 0.29) is 23.0 Å². The lowest BCUT2D eigenvalue weighted by Gasteiger charge is -2.18. The Morgan fingerprint density at radius 3 is 2.52 bits per heavy atom. The van der Waals surface area contributed by atoms with Crippen LogP contribution in [0.2, 0.25) is 0 Å². The second kappa shape index (κ2) is 7.26. The Morgan fingerprint density at radius 2 is 1.79 bits per heavy atom. The molecule has 0 bridgehead atoms. The number of hydrogen-bond acceptors (Lipinski definition) is 5. The van der Waals surface area contributed by atoms with Crippen molar-refractivity contribution >= 4 is 17.6 Å². The second-order valence-electron chi connectivity index (χ2n) is 8.05. The average Bonchev–Trinajstić information content (AvgIpc) is 3.52. The predicted molar refractivity (Wildman–Crippen MR) is 114 cm³/mol. The Morgan fingerprint density at radius 1 is 1.06 bits per heavy atom. The van der Waals surface area contributed by atoms with Gasteiger partial charge in [-0.15, -0.1) is 8.78 Å². The Kier molecular flexibility index (Phi) is 4.59. The molecule has 1 aliphatic heterocycles. The van der Waals surface area contributed by atoms with Crippen LogP contribution in [-0.4, -0.2) is 28.3 Å². The third-order valence-corrected chi connectivity index (χ3v) is 6.00. The number of rotatable bonds is 5. The number of pyridine rings is 1. The van der Waals surface area contributed by atoms with Crippen molar-refractivity contribution in [2.45, 2.75) is 31.5 Å². The van der Waals surface area contributed by atoms with E-state index in [2.05, 4.69) is 19.8 Å². The molecule has 0 spiro atoms. The van der Waals surface area contributed by atoms with Crippen LogP contribution in [0.1, 0.15) is 34.3 Å². The smallest absolute Gasteiger partial charge is 0.478 e. The van der Waals surface area contributed by atoms with Gasteiger partial charge in [0.25, 0.3) is 0 Å². The van der Waals surface area contributed by atoms with Gasteiger partial charge in [-0.3, -0.25) is 9.78 Å². The van der Waals surface area contributed by atoms with Crippen molar-refractivity contribution in [1.82, 2.24) is 4.98 Å². The quantitative estimate of drug-likeness (QED) is 0.580. The van der Waals surface area contributed by atoms with E-state index in [1.54, 1.807) is 37.3 Å². The fourth-order valence-corrected chi connectivity index (χ4v) is 4.08. The van der Waals surface area contributed by atoms with Gasteiger partial charge in [0.1, 0.15) is 0 Å². The van der Waals surface area contributed by atoms with Gasteiger partial charge in [0.05, 0.1) is 16.7 Å². The summed E-state index contributed by atoms with van der Waals surface area (Å²) in [4.78, 5) is 29.2. The van der Waals surface area contributed by atoms with E-state index in [0.29, 0.717) is 40.9 Å². The van der Waals surface area contributed by atoms with Crippen LogP contribution in [0.15, 0.2) is 54.7 Å². The lowest BCUT2D eigenvalue weighted by molar-refractivity contribution is -0.286. The lowest BCUT2D eigenvalue weighted by Crippen LogP contribution is -2.28. The minimum atomic E-state index is -3.73. The van der Waals surface area contributed by atoms with E-state index in [9.17, 15) is 23.5 Å². The number of benzene rings is 2. The molecule has 33 heavy (non-hydrogen) atoms. The standard InChI is InChI=1S/C24H18F2N2O5/c1-13-17(8-11-27-20(13)15-4-2-3-5-16(15)21(29)30)28-22(31)23(9-10-23)14-6-7-18-19(12-14)33-24(25,26)32-18/h2-8,11-12H,9-10H2,1H3,(H,29,30)(H,27,28,31). The Labute approximate surface area is 187 Å². The van der Waals surface area contributed by atoms with E-state index < -0.39 is 17.7 Å². The van der Waals surface area contributed by atoms with Gasteiger partial charge in [-0.05, 0) is 55.2 Å². The first-order valence-electron chi connectivity index (χ1n) is 10.2. The third kappa shape index (κ3) is 3.55. The summed E-state index contributed by atoms with van der Waals surface area (Å²) in [7, 11) is 0. The predicted octanol–water partition coefficient (Wildman–Crippen LogP) is 4.75. The van der Waals surface area contributed by atoms with Gasteiger partial charge in [-0.2, -0.15) is 0 Å². The van der Waals surface area contributed by atoms with Gasteiger partial charge < -0.3 is 19.9 Å². The average molecular weight is 452 g/mol. The van der Waals surface area contributed by atoms with Crippen molar-refractivity contribution in [3.8, 4) is 22.8 Å². The van der Waals surface area contributed by atoms with Crippen LogP contribution in [-0.2, 0) is 10.2 Å². The summed E-state index contributed by atoms with van der Waals surface area (Å²) in [5.41, 5.74) is 1.78. The van der Waals surface area contributed by atoms with Crippen LogP contribution in [0.3, 0.4) is 0 Å². The molecule has 5 rings (SSSR count). The van der Waals surface area contributed by atoms with Gasteiger partial charge in [0.2, 0.25) is 5.91 Å². The first-order valence-corrected chi connectivity index (χ1v) is 10.2. The molecule has 0 radical (unpaired) electrons. The van der Waals surface area contributed by atoms with Gasteiger partial charge in [0, 0.05) is 17.4 Å². The van der Waals surface area contributed by atoms with Gasteiger partial charge in [0.15, 0.2) is 11.5 Å². The third-order valence-electron chi connectivity index (χ3n) is 6.00. The molecule has 3 aromatic rings. The number of ether oxygens (including phenoxy) is 2. The van der Waals surface area contributed by atoms with Crippen molar-refractivity contribution in [3.63, 3.8) is 0 Å². The topological polar surface area (TPSA) is 97.8 Å². The second-order valence-corrected chi connectivity index (χ2v) is 8.05. The summed E-state index contributed by atoms with van der Waals surface area (Å²) >= 11 is 0. The number of aromatic nitrogens is 1. The fourth-order valence-electron chi connectivity index (χ4n) is 4.08. The van der Waals surface area contributed by atoms with Crippen LogP contribution in [0.25, 0.3) is 11.3 Å². The highest BCUT2D eigenvalue weighted by Crippen LogP contribution is 2.52. The number of aromatic carboxylic acids is 1. The number of fused-ring (bicyclic) bond motifs is 1. The number of amides is 1. The number of alkyl halides is 2. The van der Waals surface area contributed by atoms with Crippen molar-refractivity contribution < 1.29 is 33.0 Å². The first-order chi connectivity index (χ1) is 15.7. The molecule has 1 aliphatic carbocycles. The van der Waals surface area contributed by atoms with E-state index in [0.717, 1.165) is 0 Å². The summed E-state index contributed by atoms with van der Waals surface area (Å²) < 4.78 is 35.7. The van der Waals surface area contributed by atoms with Gasteiger partial charge in [-0.25, -0.2) is 4.79 Å². The van der Waals surface area contributed by atoms with Gasteiger partial charge >= 0.3 is 12.3 Å². The van der Waals surface area contributed by atoms with Crippen LogP contribution in [0, 0.1) is 6.92 Å². The Balaban J connectivity index is 1.44. The highest BCUT2D eigenvalue weighted by Gasteiger charge is 2.53. The maximum atomic E-state index is 13.4. The zero-order chi connectivity index (χ0) is 23.4. The molecule has 9 heteroatoms. The molecule has 168 valence electrons. The number of carbonyl (C=O) groups excluding carboxylic acids is 1. The number of nitrogens with one attached hydrogen (secondary N) is 1. The molecule has 0 saturated heterocycles. The molecule has 1 amide bonds. The number of anilines is 1. The Bertz CT molecular complexity index is 1300. The van der Waals surface area contributed by atoms with Crippen molar-refractivity contribution in [2.24, 2.45) is 0 Å². The number of carboxylic acid groups (broad SMARTS) is 1. The highest BCUT2D eigenvalue weighted by molar-refractivity contribution is 6.03. The minimum Gasteiger partial charge on any atom is -0.478 e. The summed E-state index contributed by atoms with van der Waals surface area (Å²) in [5, 5.41) is 12.4. The molecule has 2 aliphatic rings. The zero-order valence-electron chi connectivity index (χ0n) is 17.4. The number of halogens is 2. The maximum absolute atomic E-state index is 13.4. The number of nitrogens with zero attached hydrogens (tertiary/aromatic N) is 1. The molecule has 7 nitrogen and oxygen atoms in total. The van der Waals surface area contributed by atoms with Crippen molar-refractivity contribution in [3.05, 3.63) is 71.4 Å². The fraction of sp³-hybridized carbons (Fsp3) is 0.208. The molecule has 1 saturated carbocycles. The first kappa shape index (κ1) is 20.9. The van der Waals surface area contributed by atoms with E-state index >= 15 is 0 Å². The lowest BCUT2D eigenvalue weighted by atomic mass is 9.94. The summed E-state index contributed by atoms with van der Waals surface area (Å²) in [6.07, 6.45) is -1.13. The van der Waals surface area contributed by atoms with Crippen molar-refractivity contribution in [1.29, 1.82) is 0 Å². The molecule has 1 fully saturated rings. The number of hydrogen-bond donors (Lipinski definition) is 2. The number of carboxylic acids is 1. The van der Waals surface area contributed by atoms with Crippen LogP contribution >= 0.6 is 0 Å². The van der Waals surface area contributed by atoms with Gasteiger partial charge in [-0.1, -0.05) is 24.3 Å². The molecule has 1 aromatic heterocycles. The minimum absolute atomic E-state index is 0.0772. The number of carbonyl (C=O) groups is 2. The SMILES string of the molecule is Cc1c(NC(=O)C2(c3ccc4c(c3)OC(F)(F)O4)CC2)ccnc1-c1ccccc1C(=O)O. The van der Waals surface area contributed by atoms with E-state index in [1.165, 1.54) is 24.4 Å². The molecule has 0 atom stereocenters. The molecular weight excluding hydrogens is 434 g/mol. The summed E-state index contributed by atoms with van der Waals surface area (Å²) in [6.45, 7) is 1.75. The normalized spacial score (nSPS) is 16.8. The molecular formula is C24H18F2N2O5. The monoisotopic (exact) mass is 452 g/mol. The highest BCUT2D eigenvalue weighted by atomic mass is 19.3. The molecule has 2 N–H and O–H groups in total. The summed E-state index contributed by atoms with van der Waals surface area (Å²) in [6, 6.07) is 12.5. The van der Waals surface area contributed by atoms with E-state index in [4.69, 9.17) is 0 Å². The summed E-state index contributed by atoms with van der Waals surface area (Å²) in [5.74, 6) is -1.55. The zero-order valence-corrected chi connectivity index (χ0v) is 17.4. The van der Waals surface area contributed by atoms with Crippen molar-refractivity contribution in [2.75, 3.05) is 5.32 Å². The molecule has 2 aromatic carbocycles. The van der Waals surface area contributed by atoms with Crippen LogP contribution in [0.4, 0.5) is 14.5 Å². The van der Waals surface area contributed by atoms with Crippen LogP contribution < -0.4 is 14.8 Å². The maximum Gasteiger partial charge on any atom is 0.586 e. The largest absolute Gasteiger partial charge is 0.586 e. The Hall–Kier alpha value is -4.01. The van der Waals surface area contributed by atoms with Crippen LogP contribution in [0.5, 0.6) is 11.5 Å².